The lowest BCUT2D eigenvalue weighted by Gasteiger charge is -2.31. The van der Waals surface area contributed by atoms with E-state index in [1.165, 1.54) is 11.1 Å². The van der Waals surface area contributed by atoms with E-state index in [1.807, 2.05) is 0 Å². The van der Waals surface area contributed by atoms with E-state index in [0.29, 0.717) is 12.0 Å². The third-order valence-corrected chi connectivity index (χ3v) is 4.01. The van der Waals surface area contributed by atoms with Gasteiger partial charge in [-0.25, -0.2) is 0 Å². The minimum atomic E-state index is 0.0103. The molecular weight excluding hydrogens is 202 g/mol. The third-order valence-electron chi connectivity index (χ3n) is 4.01. The molecule has 0 aliphatic carbocycles. The quantitative estimate of drug-likeness (QED) is 0.662. The molecule has 0 saturated carbocycles. The van der Waals surface area contributed by atoms with Crippen molar-refractivity contribution in [2.45, 2.75) is 25.2 Å². The maximum Gasteiger partial charge on any atom is 0.182 e. The van der Waals surface area contributed by atoms with Crippen LogP contribution in [0.4, 0.5) is 0 Å². The zero-order valence-electron chi connectivity index (χ0n) is 9.13. The van der Waals surface area contributed by atoms with Gasteiger partial charge in [0, 0.05) is 12.5 Å². The Kier molecular flexibility index (Phi) is 1.89. The highest BCUT2D eigenvalue weighted by Crippen LogP contribution is 2.47. The Bertz CT molecular complexity index is 420. The molecule has 3 nitrogen and oxygen atoms in total. The second-order valence-corrected chi connectivity index (χ2v) is 4.83. The summed E-state index contributed by atoms with van der Waals surface area (Å²) in [5.74, 6) is 0.529. The zero-order valence-corrected chi connectivity index (χ0v) is 9.13. The van der Waals surface area contributed by atoms with Crippen LogP contribution in [0.1, 0.15) is 23.6 Å². The van der Waals surface area contributed by atoms with Crippen molar-refractivity contribution in [2.75, 3.05) is 13.2 Å². The highest BCUT2D eigenvalue weighted by Gasteiger charge is 2.49. The largest absolute Gasteiger partial charge is 0.350 e. The van der Waals surface area contributed by atoms with Crippen LogP contribution in [0.25, 0.3) is 0 Å². The van der Waals surface area contributed by atoms with Gasteiger partial charge < -0.3 is 4.74 Å². The van der Waals surface area contributed by atoms with Crippen LogP contribution in [-0.4, -0.2) is 24.5 Å². The highest BCUT2D eigenvalue weighted by atomic mass is 16.8. The van der Waals surface area contributed by atoms with Gasteiger partial charge in [-0.1, -0.05) is 24.3 Å². The van der Waals surface area contributed by atoms with Gasteiger partial charge in [-0.2, -0.15) is 5.06 Å². The summed E-state index contributed by atoms with van der Waals surface area (Å²) < 4.78 is 5.62. The van der Waals surface area contributed by atoms with Crippen molar-refractivity contribution in [2.24, 2.45) is 5.92 Å². The number of benzene rings is 1. The van der Waals surface area contributed by atoms with E-state index in [4.69, 9.17) is 9.57 Å². The topological polar surface area (TPSA) is 21.7 Å². The van der Waals surface area contributed by atoms with E-state index in [0.717, 1.165) is 26.0 Å². The first-order valence-electron chi connectivity index (χ1n) is 6.06. The van der Waals surface area contributed by atoms with Gasteiger partial charge in [0.1, 0.15) is 0 Å². The van der Waals surface area contributed by atoms with Crippen LogP contribution in [0.3, 0.4) is 0 Å². The number of hydroxylamine groups is 2. The zero-order chi connectivity index (χ0) is 10.5. The number of fused-ring (bicyclic) bond motifs is 5. The molecule has 1 aromatic rings. The van der Waals surface area contributed by atoms with E-state index in [-0.39, 0.29) is 6.29 Å². The van der Waals surface area contributed by atoms with Crippen LogP contribution in [0, 0.1) is 5.92 Å². The van der Waals surface area contributed by atoms with Crippen LogP contribution in [0.5, 0.6) is 0 Å². The fourth-order valence-electron chi connectivity index (χ4n) is 3.27. The van der Waals surface area contributed by atoms with Gasteiger partial charge in [-0.3, -0.25) is 4.84 Å². The van der Waals surface area contributed by atoms with Crippen molar-refractivity contribution < 1.29 is 9.57 Å². The van der Waals surface area contributed by atoms with Gasteiger partial charge in [0.2, 0.25) is 0 Å². The number of hydrogen-bond donors (Lipinski definition) is 0. The maximum absolute atomic E-state index is 5.86. The van der Waals surface area contributed by atoms with Gasteiger partial charge in [-0.05, 0) is 24.0 Å². The Balaban J connectivity index is 1.79. The van der Waals surface area contributed by atoms with Gasteiger partial charge >= 0.3 is 0 Å². The third kappa shape index (κ3) is 1.14. The average molecular weight is 217 g/mol. The number of ether oxygens (including phenoxy) is 1. The standard InChI is InChI=1S/C13H15NO2/c1-2-4-10-9(3-1)5-7-14-12(10)11-6-8-15-13(11)16-14/h1-4,11-13H,5-8H2/t11-,12-,13+/m1/s1. The normalized spacial score (nSPS) is 36.9. The molecule has 2 fully saturated rings. The Labute approximate surface area is 94.9 Å². The molecule has 3 aliphatic heterocycles. The summed E-state index contributed by atoms with van der Waals surface area (Å²) in [6.07, 6.45) is 2.22. The minimum Gasteiger partial charge on any atom is -0.350 e. The summed E-state index contributed by atoms with van der Waals surface area (Å²) in [5, 5.41) is 2.14. The minimum absolute atomic E-state index is 0.0103. The molecule has 3 aliphatic rings. The van der Waals surface area contributed by atoms with E-state index in [2.05, 4.69) is 29.3 Å². The fourth-order valence-corrected chi connectivity index (χ4v) is 3.27. The Hall–Kier alpha value is -0.900. The Morgan fingerprint density at radius 1 is 1.25 bits per heavy atom. The smallest absolute Gasteiger partial charge is 0.182 e. The highest BCUT2D eigenvalue weighted by molar-refractivity contribution is 5.33. The number of nitrogens with zero attached hydrogens (tertiary/aromatic N) is 1. The molecule has 3 heteroatoms. The Morgan fingerprint density at radius 3 is 3.19 bits per heavy atom. The first-order valence-corrected chi connectivity index (χ1v) is 6.06. The number of rotatable bonds is 0. The summed E-state index contributed by atoms with van der Waals surface area (Å²) in [6, 6.07) is 9.18. The van der Waals surface area contributed by atoms with Gasteiger partial charge in [0.05, 0.1) is 12.6 Å². The van der Waals surface area contributed by atoms with Crippen molar-refractivity contribution in [1.82, 2.24) is 5.06 Å². The summed E-state index contributed by atoms with van der Waals surface area (Å²) in [5.41, 5.74) is 2.94. The van der Waals surface area contributed by atoms with Crippen molar-refractivity contribution in [3.63, 3.8) is 0 Å². The SMILES string of the molecule is c1ccc2c(c1)CCN1O[C@@H]3OCC[C@@H]3[C@@H]21. The lowest BCUT2D eigenvalue weighted by molar-refractivity contribution is -0.234. The second-order valence-electron chi connectivity index (χ2n) is 4.83. The van der Waals surface area contributed by atoms with E-state index >= 15 is 0 Å². The lowest BCUT2D eigenvalue weighted by Crippen LogP contribution is -2.32. The molecule has 4 rings (SSSR count). The predicted molar refractivity (Wildman–Crippen MR) is 58.5 cm³/mol. The van der Waals surface area contributed by atoms with Crippen LogP contribution in [-0.2, 0) is 16.0 Å². The van der Waals surface area contributed by atoms with Crippen molar-refractivity contribution in [1.29, 1.82) is 0 Å². The van der Waals surface area contributed by atoms with E-state index in [1.54, 1.807) is 0 Å². The molecule has 3 atom stereocenters. The molecule has 0 spiro atoms. The summed E-state index contributed by atoms with van der Waals surface area (Å²) in [6.45, 7) is 1.85. The van der Waals surface area contributed by atoms with Crippen LogP contribution >= 0.6 is 0 Å². The lowest BCUT2D eigenvalue weighted by atomic mass is 9.86. The van der Waals surface area contributed by atoms with Crippen LogP contribution in [0.2, 0.25) is 0 Å². The monoisotopic (exact) mass is 217 g/mol. The second kappa shape index (κ2) is 3.29. The average Bonchev–Trinajstić information content (AvgIpc) is 2.88. The molecular formula is C13H15NO2. The molecule has 3 heterocycles. The first-order chi connectivity index (χ1) is 7.93. The molecule has 84 valence electrons. The molecule has 1 aromatic carbocycles. The van der Waals surface area contributed by atoms with Crippen molar-refractivity contribution in [3.05, 3.63) is 35.4 Å². The molecule has 0 amide bonds. The van der Waals surface area contributed by atoms with Crippen molar-refractivity contribution >= 4 is 0 Å². The molecule has 0 aromatic heterocycles. The molecule has 0 unspecified atom stereocenters. The molecule has 16 heavy (non-hydrogen) atoms. The van der Waals surface area contributed by atoms with E-state index in [9.17, 15) is 0 Å². The fraction of sp³-hybridized carbons (Fsp3) is 0.538. The predicted octanol–water partition coefficient (Wildman–Crippen LogP) is 1.89. The van der Waals surface area contributed by atoms with Gasteiger partial charge in [-0.15, -0.1) is 0 Å². The Morgan fingerprint density at radius 2 is 2.19 bits per heavy atom. The summed E-state index contributed by atoms with van der Waals surface area (Å²) >= 11 is 0. The molecule has 2 saturated heterocycles. The summed E-state index contributed by atoms with van der Waals surface area (Å²) in [4.78, 5) is 5.86. The molecule has 0 radical (unpaired) electrons. The molecule has 0 bridgehead atoms. The van der Waals surface area contributed by atoms with Crippen LogP contribution < -0.4 is 0 Å². The van der Waals surface area contributed by atoms with E-state index < -0.39 is 0 Å². The van der Waals surface area contributed by atoms with Gasteiger partial charge in [0.25, 0.3) is 0 Å². The molecule has 0 N–H and O–H groups in total. The van der Waals surface area contributed by atoms with Crippen LogP contribution in [0.15, 0.2) is 24.3 Å². The first kappa shape index (κ1) is 9.16. The number of hydrogen-bond acceptors (Lipinski definition) is 3. The summed E-state index contributed by atoms with van der Waals surface area (Å²) in [7, 11) is 0. The maximum atomic E-state index is 5.86. The van der Waals surface area contributed by atoms with Crippen molar-refractivity contribution in [3.8, 4) is 0 Å². The van der Waals surface area contributed by atoms with Gasteiger partial charge in [0.15, 0.2) is 6.29 Å².